The molecule has 0 aliphatic rings. The van der Waals surface area contributed by atoms with Gasteiger partial charge in [-0.25, -0.2) is 0 Å². The second kappa shape index (κ2) is 6.44. The van der Waals surface area contributed by atoms with Crippen LogP contribution in [0.5, 0.6) is 0 Å². The molecule has 1 heterocycles. The molecule has 2 aromatic rings. The van der Waals surface area contributed by atoms with Gasteiger partial charge >= 0.3 is 0 Å². The van der Waals surface area contributed by atoms with E-state index >= 15 is 0 Å². The summed E-state index contributed by atoms with van der Waals surface area (Å²) in [4.78, 5) is 1.01. The van der Waals surface area contributed by atoms with E-state index in [1.165, 1.54) is 0 Å². The highest BCUT2D eigenvalue weighted by atomic mass is 35.5. The minimum atomic E-state index is -0.0813. The molecule has 0 spiro atoms. The normalized spacial score (nSPS) is 12.7. The molecule has 3 N–H and O–H groups in total. The van der Waals surface area contributed by atoms with Gasteiger partial charge in [0.05, 0.1) is 11.1 Å². The lowest BCUT2D eigenvalue weighted by atomic mass is 10.0. The lowest BCUT2D eigenvalue weighted by Gasteiger charge is -2.16. The number of nitrogens with two attached hydrogens (primary N) is 1. The summed E-state index contributed by atoms with van der Waals surface area (Å²) in [5, 5.41) is 4.10. The average Bonchev–Trinajstić information content (AvgIpc) is 2.71. The van der Waals surface area contributed by atoms with E-state index in [9.17, 15) is 0 Å². The predicted octanol–water partition coefficient (Wildman–Crippen LogP) is 4.76. The van der Waals surface area contributed by atoms with Crippen LogP contribution in [0.3, 0.4) is 0 Å². The zero-order chi connectivity index (χ0) is 14.0. The molecule has 0 amide bonds. The largest absolute Gasteiger partial charge is 0.271 e. The summed E-state index contributed by atoms with van der Waals surface area (Å²) >= 11 is 20.0. The molecule has 0 saturated heterocycles. The van der Waals surface area contributed by atoms with E-state index in [0.29, 0.717) is 16.5 Å². The molecule has 2 nitrogen and oxygen atoms in total. The molecule has 0 aliphatic carbocycles. The van der Waals surface area contributed by atoms with Gasteiger partial charge in [0.15, 0.2) is 0 Å². The van der Waals surface area contributed by atoms with Gasteiger partial charge in [-0.15, -0.1) is 11.3 Å². The fourth-order valence-corrected chi connectivity index (χ4v) is 3.61. The first kappa shape index (κ1) is 15.1. The van der Waals surface area contributed by atoms with Crippen molar-refractivity contribution in [1.82, 2.24) is 5.43 Å². The highest BCUT2D eigenvalue weighted by molar-refractivity contribution is 7.10. The third kappa shape index (κ3) is 3.43. The Labute approximate surface area is 131 Å². The van der Waals surface area contributed by atoms with E-state index < -0.39 is 0 Å². The van der Waals surface area contributed by atoms with Crippen molar-refractivity contribution in [2.24, 2.45) is 5.84 Å². The second-order valence-electron chi connectivity index (χ2n) is 4.26. The van der Waals surface area contributed by atoms with Gasteiger partial charge in [-0.2, -0.15) is 0 Å². The number of benzene rings is 1. The Hall–Kier alpha value is -0.290. The Morgan fingerprint density at radius 2 is 2.05 bits per heavy atom. The number of aryl methyl sites for hydroxylation is 1. The number of thiophene rings is 1. The summed E-state index contributed by atoms with van der Waals surface area (Å²) in [6.45, 7) is 1.97. The Morgan fingerprint density at radius 3 is 2.63 bits per heavy atom. The summed E-state index contributed by atoms with van der Waals surface area (Å²) in [5.41, 5.74) is 4.79. The van der Waals surface area contributed by atoms with Crippen LogP contribution in [-0.2, 0) is 6.42 Å². The minimum absolute atomic E-state index is 0.0813. The van der Waals surface area contributed by atoms with E-state index in [2.05, 4.69) is 5.43 Å². The quantitative estimate of drug-likeness (QED) is 0.624. The number of hydrazine groups is 1. The first-order valence-electron chi connectivity index (χ1n) is 5.66. The van der Waals surface area contributed by atoms with Crippen LogP contribution in [0.25, 0.3) is 0 Å². The smallest absolute Gasteiger partial charge is 0.0609 e. The van der Waals surface area contributed by atoms with Crippen LogP contribution >= 0.6 is 46.1 Å². The van der Waals surface area contributed by atoms with Gasteiger partial charge in [0.25, 0.3) is 0 Å². The summed E-state index contributed by atoms with van der Waals surface area (Å²) in [7, 11) is 0. The Kier molecular flexibility index (Phi) is 5.12. The van der Waals surface area contributed by atoms with Gasteiger partial charge in [-0.05, 0) is 48.1 Å². The van der Waals surface area contributed by atoms with Crippen molar-refractivity contribution in [3.05, 3.63) is 54.7 Å². The van der Waals surface area contributed by atoms with Crippen LogP contribution in [0.15, 0.2) is 23.6 Å². The van der Waals surface area contributed by atoms with Gasteiger partial charge in [0, 0.05) is 14.9 Å². The van der Waals surface area contributed by atoms with Gasteiger partial charge in [-0.3, -0.25) is 11.3 Å². The highest BCUT2D eigenvalue weighted by Gasteiger charge is 2.18. The maximum absolute atomic E-state index is 6.28. The third-order valence-electron chi connectivity index (χ3n) is 2.87. The number of halogens is 3. The van der Waals surface area contributed by atoms with E-state index in [1.807, 2.05) is 18.4 Å². The number of hydrogen-bond donors (Lipinski definition) is 2. The molecular formula is C13H13Cl3N2S. The fourth-order valence-electron chi connectivity index (χ4n) is 1.83. The molecule has 1 atom stereocenters. The molecule has 19 heavy (non-hydrogen) atoms. The van der Waals surface area contributed by atoms with Crippen molar-refractivity contribution in [2.45, 2.75) is 19.4 Å². The number of nitrogens with one attached hydrogen (secondary N) is 1. The lowest BCUT2D eigenvalue weighted by Crippen LogP contribution is -2.29. The molecule has 0 fully saturated rings. The van der Waals surface area contributed by atoms with E-state index in [-0.39, 0.29) is 6.04 Å². The summed E-state index contributed by atoms with van der Waals surface area (Å²) < 4.78 is 0. The summed E-state index contributed by atoms with van der Waals surface area (Å²) in [5.74, 6) is 5.64. The fraction of sp³-hybridized carbons (Fsp3) is 0.231. The molecule has 0 bridgehead atoms. The topological polar surface area (TPSA) is 38.0 Å². The monoisotopic (exact) mass is 334 g/mol. The zero-order valence-electron chi connectivity index (χ0n) is 10.2. The Balaban J connectivity index is 2.29. The molecule has 102 valence electrons. The van der Waals surface area contributed by atoms with Crippen molar-refractivity contribution in [3.63, 3.8) is 0 Å². The van der Waals surface area contributed by atoms with Crippen LogP contribution in [0.4, 0.5) is 0 Å². The maximum atomic E-state index is 6.28. The van der Waals surface area contributed by atoms with E-state index in [1.54, 1.807) is 23.5 Å². The van der Waals surface area contributed by atoms with Crippen LogP contribution in [0.1, 0.15) is 22.0 Å². The molecule has 0 saturated carbocycles. The Bertz CT molecular complexity index is 583. The van der Waals surface area contributed by atoms with Crippen molar-refractivity contribution < 1.29 is 0 Å². The van der Waals surface area contributed by atoms with Gasteiger partial charge in [0.2, 0.25) is 0 Å². The lowest BCUT2D eigenvalue weighted by molar-refractivity contribution is 0.560. The number of hydrogen-bond acceptors (Lipinski definition) is 3. The average molecular weight is 336 g/mol. The first-order valence-corrected chi connectivity index (χ1v) is 7.67. The van der Waals surface area contributed by atoms with E-state index in [0.717, 1.165) is 21.0 Å². The van der Waals surface area contributed by atoms with Crippen molar-refractivity contribution in [2.75, 3.05) is 0 Å². The van der Waals surface area contributed by atoms with Crippen LogP contribution < -0.4 is 11.3 Å². The molecule has 1 unspecified atom stereocenters. The predicted molar refractivity (Wildman–Crippen MR) is 84.3 cm³/mol. The Morgan fingerprint density at radius 1 is 1.32 bits per heavy atom. The van der Waals surface area contributed by atoms with E-state index in [4.69, 9.17) is 40.6 Å². The maximum Gasteiger partial charge on any atom is 0.0609 e. The molecule has 1 aromatic heterocycles. The molecule has 1 aromatic carbocycles. The highest BCUT2D eigenvalue weighted by Crippen LogP contribution is 2.35. The summed E-state index contributed by atoms with van der Waals surface area (Å²) in [6.07, 6.45) is 0.634. The second-order valence-corrected chi connectivity index (χ2v) is 6.39. The molecule has 6 heteroatoms. The van der Waals surface area contributed by atoms with Gasteiger partial charge < -0.3 is 0 Å². The first-order chi connectivity index (χ1) is 9.02. The molecule has 0 aliphatic heterocycles. The molecular weight excluding hydrogens is 323 g/mol. The molecule has 0 radical (unpaired) electrons. The summed E-state index contributed by atoms with van der Waals surface area (Å²) in [6, 6.07) is 5.32. The minimum Gasteiger partial charge on any atom is -0.271 e. The standard InChI is InChI=1S/C13H13Cl3N2S/c1-7-6-19-13(12(7)16)11(18-17)5-8-4-9(14)2-3-10(8)15/h2-4,6,11,18H,5,17H2,1H3. The van der Waals surface area contributed by atoms with Gasteiger partial charge in [0.1, 0.15) is 0 Å². The van der Waals surface area contributed by atoms with Crippen molar-refractivity contribution in [1.29, 1.82) is 0 Å². The van der Waals surface area contributed by atoms with Crippen LogP contribution in [0, 0.1) is 6.92 Å². The van der Waals surface area contributed by atoms with Crippen molar-refractivity contribution >= 4 is 46.1 Å². The molecule has 2 rings (SSSR count). The van der Waals surface area contributed by atoms with Crippen LogP contribution in [0.2, 0.25) is 15.1 Å². The zero-order valence-corrected chi connectivity index (χ0v) is 13.3. The van der Waals surface area contributed by atoms with Gasteiger partial charge in [-0.1, -0.05) is 34.8 Å². The van der Waals surface area contributed by atoms with Crippen molar-refractivity contribution in [3.8, 4) is 0 Å². The third-order valence-corrected chi connectivity index (χ3v) is 5.31. The van der Waals surface area contributed by atoms with Crippen LogP contribution in [-0.4, -0.2) is 0 Å². The number of rotatable bonds is 4. The SMILES string of the molecule is Cc1csc(C(Cc2cc(Cl)ccc2Cl)NN)c1Cl.